The number of carbonyl (C=O) groups is 2. The summed E-state index contributed by atoms with van der Waals surface area (Å²) >= 11 is 0. The SMILES string of the molecule is CNC(=O)[C@H](Cc1cccc2ccccc12)NC(=O)c1cc(=O)n(-c2ccccc2)[nH]1. The molecule has 1 heterocycles. The summed E-state index contributed by atoms with van der Waals surface area (Å²) in [7, 11) is 1.53. The molecule has 1 aromatic heterocycles. The Morgan fingerprint density at radius 3 is 2.45 bits per heavy atom. The lowest BCUT2D eigenvalue weighted by molar-refractivity contribution is -0.122. The van der Waals surface area contributed by atoms with Gasteiger partial charge in [-0.3, -0.25) is 19.5 Å². The maximum atomic E-state index is 12.9. The minimum atomic E-state index is -0.799. The van der Waals surface area contributed by atoms with Crippen LogP contribution in [-0.4, -0.2) is 34.7 Å². The number of aromatic amines is 1. The third-order valence-electron chi connectivity index (χ3n) is 5.15. The number of amides is 2. The Hall–Kier alpha value is -4.13. The van der Waals surface area contributed by atoms with Gasteiger partial charge < -0.3 is 10.6 Å². The molecule has 0 aliphatic heterocycles. The van der Waals surface area contributed by atoms with E-state index in [4.69, 9.17) is 0 Å². The van der Waals surface area contributed by atoms with E-state index >= 15 is 0 Å². The van der Waals surface area contributed by atoms with Crippen LogP contribution in [0.3, 0.4) is 0 Å². The van der Waals surface area contributed by atoms with Crippen LogP contribution in [0.4, 0.5) is 0 Å². The number of hydrogen-bond acceptors (Lipinski definition) is 3. The Bertz CT molecular complexity index is 1290. The first-order chi connectivity index (χ1) is 15.1. The first-order valence-corrected chi connectivity index (χ1v) is 9.93. The number of H-pyrrole nitrogens is 1. The molecule has 156 valence electrons. The van der Waals surface area contributed by atoms with Crippen molar-refractivity contribution in [2.75, 3.05) is 7.05 Å². The molecule has 0 aliphatic carbocycles. The lowest BCUT2D eigenvalue weighted by atomic mass is 9.98. The number of nitrogens with one attached hydrogen (secondary N) is 3. The lowest BCUT2D eigenvalue weighted by Crippen LogP contribution is -2.47. The van der Waals surface area contributed by atoms with Crippen molar-refractivity contribution < 1.29 is 9.59 Å². The normalized spacial score (nSPS) is 11.8. The smallest absolute Gasteiger partial charge is 0.271 e. The van der Waals surface area contributed by atoms with Gasteiger partial charge in [0.1, 0.15) is 11.7 Å². The Labute approximate surface area is 178 Å². The van der Waals surface area contributed by atoms with E-state index in [0.717, 1.165) is 16.3 Å². The van der Waals surface area contributed by atoms with Gasteiger partial charge in [-0.1, -0.05) is 60.7 Å². The Morgan fingerprint density at radius 2 is 1.68 bits per heavy atom. The predicted molar refractivity (Wildman–Crippen MR) is 119 cm³/mol. The van der Waals surface area contributed by atoms with Gasteiger partial charge in [-0.15, -0.1) is 0 Å². The predicted octanol–water partition coefficient (Wildman–Crippen LogP) is 2.41. The molecule has 31 heavy (non-hydrogen) atoms. The van der Waals surface area contributed by atoms with Crippen LogP contribution in [0.15, 0.2) is 83.7 Å². The van der Waals surface area contributed by atoms with Gasteiger partial charge in [0.2, 0.25) is 5.91 Å². The van der Waals surface area contributed by atoms with Gasteiger partial charge in [-0.25, -0.2) is 4.68 Å². The topological polar surface area (TPSA) is 96.0 Å². The monoisotopic (exact) mass is 414 g/mol. The summed E-state index contributed by atoms with van der Waals surface area (Å²) in [5.41, 5.74) is 1.29. The summed E-state index contributed by atoms with van der Waals surface area (Å²) < 4.78 is 1.29. The van der Waals surface area contributed by atoms with Gasteiger partial charge in [0.25, 0.3) is 11.5 Å². The summed E-state index contributed by atoms with van der Waals surface area (Å²) in [6.07, 6.45) is 0.316. The third-order valence-corrected chi connectivity index (χ3v) is 5.15. The zero-order chi connectivity index (χ0) is 21.8. The molecule has 0 fully saturated rings. The summed E-state index contributed by atoms with van der Waals surface area (Å²) in [6.45, 7) is 0. The fraction of sp³-hybridized carbons (Fsp3) is 0.125. The van der Waals surface area contributed by atoms with Crippen LogP contribution in [0.5, 0.6) is 0 Å². The fourth-order valence-electron chi connectivity index (χ4n) is 3.59. The van der Waals surface area contributed by atoms with Gasteiger partial charge in [-0.2, -0.15) is 0 Å². The molecule has 2 amide bonds. The van der Waals surface area contributed by atoms with Crippen LogP contribution >= 0.6 is 0 Å². The fourth-order valence-corrected chi connectivity index (χ4v) is 3.59. The molecule has 7 nitrogen and oxygen atoms in total. The van der Waals surface area contributed by atoms with Crippen molar-refractivity contribution >= 4 is 22.6 Å². The largest absolute Gasteiger partial charge is 0.357 e. The molecule has 3 N–H and O–H groups in total. The van der Waals surface area contributed by atoms with E-state index in [9.17, 15) is 14.4 Å². The van der Waals surface area contributed by atoms with E-state index in [1.807, 2.05) is 48.5 Å². The van der Waals surface area contributed by atoms with E-state index in [1.54, 1.807) is 24.3 Å². The van der Waals surface area contributed by atoms with E-state index in [2.05, 4.69) is 15.7 Å². The van der Waals surface area contributed by atoms with Crippen LogP contribution in [0.1, 0.15) is 16.1 Å². The van der Waals surface area contributed by atoms with Crippen molar-refractivity contribution in [3.05, 3.63) is 100 Å². The van der Waals surface area contributed by atoms with Crippen molar-refractivity contribution in [2.24, 2.45) is 0 Å². The van der Waals surface area contributed by atoms with Gasteiger partial charge in [0.05, 0.1) is 5.69 Å². The highest BCUT2D eigenvalue weighted by atomic mass is 16.2. The quantitative estimate of drug-likeness (QED) is 0.452. The van der Waals surface area contributed by atoms with Crippen molar-refractivity contribution in [1.29, 1.82) is 0 Å². The number of benzene rings is 3. The molecule has 7 heteroatoms. The Balaban J connectivity index is 1.59. The summed E-state index contributed by atoms with van der Waals surface area (Å²) in [4.78, 5) is 37.7. The van der Waals surface area contributed by atoms with Crippen LogP contribution in [-0.2, 0) is 11.2 Å². The van der Waals surface area contributed by atoms with Gasteiger partial charge >= 0.3 is 0 Å². The molecule has 0 radical (unpaired) electrons. The standard InChI is InChI=1S/C24H22N4O3/c1-25-23(30)20(14-17-10-7-9-16-8-5-6-13-19(16)17)26-24(31)21-15-22(29)28(27-21)18-11-3-2-4-12-18/h2-13,15,20,27H,14H2,1H3,(H,25,30)(H,26,31)/t20-/m0/s1. The second-order valence-corrected chi connectivity index (χ2v) is 7.16. The van der Waals surface area contributed by atoms with Gasteiger partial charge in [0.15, 0.2) is 0 Å². The second kappa shape index (κ2) is 8.71. The van der Waals surface area contributed by atoms with Crippen molar-refractivity contribution in [2.45, 2.75) is 12.5 Å². The van der Waals surface area contributed by atoms with Crippen LogP contribution < -0.4 is 16.2 Å². The van der Waals surface area contributed by atoms with E-state index in [1.165, 1.54) is 17.8 Å². The maximum absolute atomic E-state index is 12.9. The minimum absolute atomic E-state index is 0.0840. The van der Waals surface area contributed by atoms with Crippen LogP contribution in [0, 0.1) is 0 Å². The molecule has 0 unspecified atom stereocenters. The molecule has 0 spiro atoms. The molecule has 0 aliphatic rings. The molecule has 4 rings (SSSR count). The number of rotatable bonds is 6. The lowest BCUT2D eigenvalue weighted by Gasteiger charge is -2.18. The highest BCUT2D eigenvalue weighted by Crippen LogP contribution is 2.20. The molecule has 0 saturated heterocycles. The zero-order valence-electron chi connectivity index (χ0n) is 17.0. The van der Waals surface area contributed by atoms with Gasteiger partial charge in [-0.05, 0) is 28.5 Å². The molecular formula is C24H22N4O3. The summed E-state index contributed by atoms with van der Waals surface area (Å²) in [6, 6.07) is 23.1. The molecule has 1 atom stereocenters. The van der Waals surface area contributed by atoms with Crippen molar-refractivity contribution in [3.63, 3.8) is 0 Å². The Kier molecular flexibility index (Phi) is 5.66. The van der Waals surface area contributed by atoms with Crippen LogP contribution in [0.2, 0.25) is 0 Å². The first-order valence-electron chi connectivity index (χ1n) is 9.93. The van der Waals surface area contributed by atoms with E-state index in [-0.39, 0.29) is 17.2 Å². The number of carbonyl (C=O) groups excluding carboxylic acids is 2. The third kappa shape index (κ3) is 4.25. The van der Waals surface area contributed by atoms with E-state index < -0.39 is 11.9 Å². The molecule has 4 aromatic rings. The average molecular weight is 414 g/mol. The maximum Gasteiger partial charge on any atom is 0.271 e. The number of fused-ring (bicyclic) bond motifs is 1. The molecule has 0 bridgehead atoms. The summed E-state index contributed by atoms with van der Waals surface area (Å²) in [5, 5.41) is 10.3. The van der Waals surface area contributed by atoms with Crippen LogP contribution in [0.25, 0.3) is 16.5 Å². The van der Waals surface area contributed by atoms with Gasteiger partial charge in [0, 0.05) is 19.5 Å². The van der Waals surface area contributed by atoms with Crippen molar-refractivity contribution in [1.82, 2.24) is 20.4 Å². The number of hydrogen-bond donors (Lipinski definition) is 3. The zero-order valence-corrected chi connectivity index (χ0v) is 17.0. The number of aromatic nitrogens is 2. The molecule has 3 aromatic carbocycles. The number of para-hydroxylation sites is 1. The highest BCUT2D eigenvalue weighted by molar-refractivity contribution is 5.96. The summed E-state index contributed by atoms with van der Waals surface area (Å²) in [5.74, 6) is -0.841. The number of likely N-dealkylation sites (N-methyl/N-ethyl adjacent to an activating group) is 1. The minimum Gasteiger partial charge on any atom is -0.357 e. The van der Waals surface area contributed by atoms with Crippen molar-refractivity contribution in [3.8, 4) is 5.69 Å². The number of nitrogens with zero attached hydrogens (tertiary/aromatic N) is 1. The Morgan fingerprint density at radius 1 is 0.968 bits per heavy atom. The second-order valence-electron chi connectivity index (χ2n) is 7.16. The first kappa shape index (κ1) is 20.2. The highest BCUT2D eigenvalue weighted by Gasteiger charge is 2.23. The molecule has 0 saturated carbocycles. The van der Waals surface area contributed by atoms with E-state index in [0.29, 0.717) is 12.1 Å². The average Bonchev–Trinajstić information content (AvgIpc) is 3.20. The molecular weight excluding hydrogens is 392 g/mol.